The number of pyridine rings is 1. The van der Waals surface area contributed by atoms with Gasteiger partial charge in [0, 0.05) is 12.7 Å². The van der Waals surface area contributed by atoms with Gasteiger partial charge in [0.15, 0.2) is 5.15 Å². The molecule has 0 atom stereocenters. The molecule has 0 aliphatic rings. The third-order valence-corrected chi connectivity index (χ3v) is 3.23. The normalized spacial score (nSPS) is 10.3. The summed E-state index contributed by atoms with van der Waals surface area (Å²) in [5.41, 5.74) is 2.02. The summed E-state index contributed by atoms with van der Waals surface area (Å²) in [6, 6.07) is 11.9. The number of ether oxygens (including phenoxy) is 1. The molecular weight excluding hydrogens is 272 g/mol. The Morgan fingerprint density at radius 1 is 1.20 bits per heavy atom. The molecular formula is C16H19ClN2O. The molecule has 3 nitrogen and oxygen atoms in total. The van der Waals surface area contributed by atoms with Crippen LogP contribution in [0.25, 0.3) is 0 Å². The monoisotopic (exact) mass is 290 g/mol. The minimum Gasteiger partial charge on any atom is -0.494 e. The standard InChI is InChI=1S/C16H19ClN2O/c1-2-3-11-20-14-8-6-13(7-9-14)12-19-15-5-4-10-18-16(15)17/h4-10,19H,2-3,11-12H2,1H3. The summed E-state index contributed by atoms with van der Waals surface area (Å²) in [6.07, 6.45) is 3.91. The highest BCUT2D eigenvalue weighted by atomic mass is 35.5. The van der Waals surface area contributed by atoms with E-state index in [1.165, 1.54) is 5.56 Å². The lowest BCUT2D eigenvalue weighted by molar-refractivity contribution is 0.309. The Labute approximate surface area is 124 Å². The summed E-state index contributed by atoms with van der Waals surface area (Å²) in [5.74, 6) is 0.918. The van der Waals surface area contributed by atoms with E-state index in [-0.39, 0.29) is 0 Å². The van der Waals surface area contributed by atoms with Crippen molar-refractivity contribution < 1.29 is 4.74 Å². The van der Waals surface area contributed by atoms with Crippen LogP contribution in [-0.4, -0.2) is 11.6 Å². The Bertz CT molecular complexity index is 528. The molecule has 0 spiro atoms. The zero-order valence-electron chi connectivity index (χ0n) is 11.6. The second-order valence-electron chi connectivity index (χ2n) is 4.54. The average molecular weight is 291 g/mol. The highest BCUT2D eigenvalue weighted by Crippen LogP contribution is 2.19. The molecule has 2 aromatic rings. The topological polar surface area (TPSA) is 34.1 Å². The maximum absolute atomic E-state index is 5.99. The van der Waals surface area contributed by atoms with Gasteiger partial charge >= 0.3 is 0 Å². The van der Waals surface area contributed by atoms with E-state index in [9.17, 15) is 0 Å². The van der Waals surface area contributed by atoms with Crippen LogP contribution in [0.1, 0.15) is 25.3 Å². The van der Waals surface area contributed by atoms with E-state index in [1.807, 2.05) is 24.3 Å². The van der Waals surface area contributed by atoms with Crippen LogP contribution in [-0.2, 0) is 6.54 Å². The van der Waals surface area contributed by atoms with Crippen LogP contribution >= 0.6 is 11.6 Å². The molecule has 4 heteroatoms. The van der Waals surface area contributed by atoms with E-state index >= 15 is 0 Å². The number of halogens is 1. The van der Waals surface area contributed by atoms with E-state index < -0.39 is 0 Å². The molecule has 0 bridgehead atoms. The highest BCUT2D eigenvalue weighted by molar-refractivity contribution is 6.31. The van der Waals surface area contributed by atoms with Crippen molar-refractivity contribution in [1.82, 2.24) is 4.98 Å². The Hall–Kier alpha value is -1.74. The molecule has 1 aromatic heterocycles. The number of rotatable bonds is 7. The summed E-state index contributed by atoms with van der Waals surface area (Å²) in [6.45, 7) is 3.64. The molecule has 1 heterocycles. The highest BCUT2D eigenvalue weighted by Gasteiger charge is 2.00. The van der Waals surface area contributed by atoms with Gasteiger partial charge in [0.05, 0.1) is 12.3 Å². The lowest BCUT2D eigenvalue weighted by Crippen LogP contribution is -2.01. The summed E-state index contributed by atoms with van der Waals surface area (Å²) in [4.78, 5) is 4.03. The third-order valence-electron chi connectivity index (χ3n) is 2.93. The van der Waals surface area contributed by atoms with Gasteiger partial charge in [-0.25, -0.2) is 4.98 Å². The van der Waals surface area contributed by atoms with Gasteiger partial charge in [-0.2, -0.15) is 0 Å². The summed E-state index contributed by atoms with van der Waals surface area (Å²) < 4.78 is 5.63. The van der Waals surface area contributed by atoms with Crippen LogP contribution in [0.5, 0.6) is 5.75 Å². The first-order valence-corrected chi connectivity index (χ1v) is 7.23. The third kappa shape index (κ3) is 4.42. The zero-order chi connectivity index (χ0) is 14.2. The van der Waals surface area contributed by atoms with Crippen LogP contribution in [0.4, 0.5) is 5.69 Å². The molecule has 1 N–H and O–H groups in total. The minimum atomic E-state index is 0.493. The lowest BCUT2D eigenvalue weighted by Gasteiger charge is -2.09. The van der Waals surface area contributed by atoms with E-state index in [0.717, 1.165) is 30.9 Å². The van der Waals surface area contributed by atoms with Crippen molar-refractivity contribution in [3.63, 3.8) is 0 Å². The van der Waals surface area contributed by atoms with Crippen molar-refractivity contribution in [2.24, 2.45) is 0 Å². The van der Waals surface area contributed by atoms with Gasteiger partial charge in [-0.3, -0.25) is 0 Å². The predicted octanol–water partition coefficient (Wildman–Crippen LogP) is 4.53. The molecule has 106 valence electrons. The SMILES string of the molecule is CCCCOc1ccc(CNc2cccnc2Cl)cc1. The van der Waals surface area contributed by atoms with Gasteiger partial charge in [-0.05, 0) is 36.2 Å². The fraction of sp³-hybridized carbons (Fsp3) is 0.312. The molecule has 0 amide bonds. The smallest absolute Gasteiger partial charge is 0.152 e. The van der Waals surface area contributed by atoms with E-state index in [2.05, 4.69) is 29.4 Å². The van der Waals surface area contributed by atoms with Crippen LogP contribution < -0.4 is 10.1 Å². The number of anilines is 1. The largest absolute Gasteiger partial charge is 0.494 e. The summed E-state index contributed by atoms with van der Waals surface area (Å²) >= 11 is 5.99. The van der Waals surface area contributed by atoms with Crippen molar-refractivity contribution in [2.75, 3.05) is 11.9 Å². The number of aromatic nitrogens is 1. The van der Waals surface area contributed by atoms with Crippen LogP contribution in [0.15, 0.2) is 42.6 Å². The summed E-state index contributed by atoms with van der Waals surface area (Å²) in [5, 5.41) is 3.76. The molecule has 0 saturated carbocycles. The molecule has 0 fully saturated rings. The Kier molecular flexibility index (Phi) is 5.69. The predicted molar refractivity (Wildman–Crippen MR) is 83.4 cm³/mol. The summed E-state index contributed by atoms with van der Waals surface area (Å²) in [7, 11) is 0. The van der Waals surface area contributed by atoms with E-state index in [0.29, 0.717) is 11.7 Å². The fourth-order valence-electron chi connectivity index (χ4n) is 1.75. The van der Waals surface area contributed by atoms with Crippen LogP contribution in [0.2, 0.25) is 5.15 Å². The molecule has 0 aliphatic heterocycles. The van der Waals surface area contributed by atoms with Crippen molar-refractivity contribution >= 4 is 17.3 Å². The minimum absolute atomic E-state index is 0.493. The fourth-order valence-corrected chi connectivity index (χ4v) is 1.94. The number of hydrogen-bond donors (Lipinski definition) is 1. The maximum Gasteiger partial charge on any atom is 0.152 e. The van der Waals surface area contributed by atoms with Crippen molar-refractivity contribution in [2.45, 2.75) is 26.3 Å². The first kappa shape index (κ1) is 14.7. The van der Waals surface area contributed by atoms with Crippen molar-refractivity contribution in [3.8, 4) is 5.75 Å². The number of hydrogen-bond acceptors (Lipinski definition) is 3. The van der Waals surface area contributed by atoms with Crippen LogP contribution in [0.3, 0.4) is 0 Å². The molecule has 0 unspecified atom stereocenters. The number of nitrogens with one attached hydrogen (secondary N) is 1. The molecule has 1 aromatic carbocycles. The number of benzene rings is 1. The van der Waals surface area contributed by atoms with Gasteiger partial charge < -0.3 is 10.1 Å². The Morgan fingerprint density at radius 3 is 2.70 bits per heavy atom. The molecule has 0 saturated heterocycles. The molecule has 0 radical (unpaired) electrons. The van der Waals surface area contributed by atoms with Crippen molar-refractivity contribution in [3.05, 3.63) is 53.3 Å². The second-order valence-corrected chi connectivity index (χ2v) is 4.90. The Morgan fingerprint density at radius 2 is 2.00 bits per heavy atom. The maximum atomic E-state index is 5.99. The Balaban J connectivity index is 1.86. The first-order chi connectivity index (χ1) is 9.79. The van der Waals surface area contributed by atoms with Gasteiger partial charge in [0.1, 0.15) is 5.75 Å². The number of unbranched alkanes of at least 4 members (excludes halogenated alkanes) is 1. The quantitative estimate of drug-likeness (QED) is 0.601. The first-order valence-electron chi connectivity index (χ1n) is 6.85. The number of nitrogens with zero attached hydrogens (tertiary/aromatic N) is 1. The van der Waals surface area contributed by atoms with Gasteiger partial charge in [-0.15, -0.1) is 0 Å². The second kappa shape index (κ2) is 7.75. The molecule has 0 aliphatic carbocycles. The zero-order valence-corrected chi connectivity index (χ0v) is 12.4. The van der Waals surface area contributed by atoms with Crippen LogP contribution in [0, 0.1) is 0 Å². The van der Waals surface area contributed by atoms with Gasteiger partial charge in [0.2, 0.25) is 0 Å². The van der Waals surface area contributed by atoms with Crippen molar-refractivity contribution in [1.29, 1.82) is 0 Å². The van der Waals surface area contributed by atoms with E-state index in [1.54, 1.807) is 6.20 Å². The molecule has 20 heavy (non-hydrogen) atoms. The van der Waals surface area contributed by atoms with Gasteiger partial charge in [-0.1, -0.05) is 37.1 Å². The van der Waals surface area contributed by atoms with E-state index in [4.69, 9.17) is 16.3 Å². The average Bonchev–Trinajstić information content (AvgIpc) is 2.48. The lowest BCUT2D eigenvalue weighted by atomic mass is 10.2. The van der Waals surface area contributed by atoms with Gasteiger partial charge in [0.25, 0.3) is 0 Å². The molecule has 2 rings (SSSR count).